The summed E-state index contributed by atoms with van der Waals surface area (Å²) >= 11 is 1.46. The van der Waals surface area contributed by atoms with Gasteiger partial charge in [-0.15, -0.1) is 11.3 Å². The van der Waals surface area contributed by atoms with Crippen molar-refractivity contribution in [3.8, 4) is 0 Å². The summed E-state index contributed by atoms with van der Waals surface area (Å²) in [6, 6.07) is 8.35. The largest absolute Gasteiger partial charge is 0.465 e. The Morgan fingerprint density at radius 1 is 1.23 bits per heavy atom. The number of esters is 1. The second-order valence-corrected chi connectivity index (χ2v) is 5.27. The number of hydrogen-bond donors (Lipinski definition) is 1. The number of hydrogen-bond acceptors (Lipinski definition) is 6. The van der Waals surface area contributed by atoms with Gasteiger partial charge in [0.05, 0.1) is 22.8 Å². The van der Waals surface area contributed by atoms with Gasteiger partial charge in [0.25, 0.3) is 5.91 Å². The van der Waals surface area contributed by atoms with Gasteiger partial charge in [-0.3, -0.25) is 4.79 Å². The monoisotopic (exact) mass is 313 g/mol. The third-order valence-electron chi connectivity index (χ3n) is 3.04. The van der Waals surface area contributed by atoms with E-state index in [9.17, 15) is 9.59 Å². The van der Waals surface area contributed by atoms with Gasteiger partial charge in [0.2, 0.25) is 0 Å². The number of aromatic nitrogens is 2. The maximum absolute atomic E-state index is 12.3. The molecule has 22 heavy (non-hydrogen) atoms. The van der Waals surface area contributed by atoms with Crippen LogP contribution in [0.1, 0.15) is 20.7 Å². The molecule has 1 amide bonds. The standard InChI is InChI=1S/C15H11N3O3S/c1-21-15(20)10-3-2-6-16-13(10)18-14(19)9-4-5-11-12(7-9)22-8-17-11/h2-8H,1H3,(H,16,18,19). The lowest BCUT2D eigenvalue weighted by atomic mass is 10.2. The number of pyridine rings is 1. The molecule has 1 aromatic carbocycles. The number of thiazole rings is 1. The molecule has 0 saturated carbocycles. The van der Waals surface area contributed by atoms with Gasteiger partial charge < -0.3 is 10.1 Å². The second-order valence-electron chi connectivity index (χ2n) is 4.38. The summed E-state index contributed by atoms with van der Waals surface area (Å²) in [6.45, 7) is 0. The molecule has 3 rings (SSSR count). The molecule has 2 aromatic heterocycles. The summed E-state index contributed by atoms with van der Waals surface area (Å²) in [4.78, 5) is 32.2. The van der Waals surface area contributed by atoms with Gasteiger partial charge in [-0.1, -0.05) is 0 Å². The molecule has 7 heteroatoms. The summed E-state index contributed by atoms with van der Waals surface area (Å²) in [5.41, 5.74) is 3.24. The molecule has 0 aliphatic rings. The van der Waals surface area contributed by atoms with Gasteiger partial charge in [-0.05, 0) is 30.3 Å². The Morgan fingerprint density at radius 2 is 2.09 bits per heavy atom. The minimum absolute atomic E-state index is 0.170. The van der Waals surface area contributed by atoms with Crippen LogP contribution in [0.5, 0.6) is 0 Å². The quantitative estimate of drug-likeness (QED) is 0.752. The van der Waals surface area contributed by atoms with Crippen molar-refractivity contribution >= 4 is 39.2 Å². The molecule has 0 radical (unpaired) electrons. The highest BCUT2D eigenvalue weighted by Gasteiger charge is 2.16. The SMILES string of the molecule is COC(=O)c1cccnc1NC(=O)c1ccc2ncsc2c1. The fourth-order valence-corrected chi connectivity index (χ4v) is 2.67. The number of anilines is 1. The van der Waals surface area contributed by atoms with Crippen LogP contribution in [0.25, 0.3) is 10.2 Å². The molecule has 6 nitrogen and oxygen atoms in total. The topological polar surface area (TPSA) is 81.2 Å². The highest BCUT2D eigenvalue weighted by atomic mass is 32.1. The van der Waals surface area contributed by atoms with E-state index in [1.807, 2.05) is 0 Å². The van der Waals surface area contributed by atoms with Crippen molar-refractivity contribution in [2.24, 2.45) is 0 Å². The van der Waals surface area contributed by atoms with E-state index in [2.05, 4.69) is 20.0 Å². The van der Waals surface area contributed by atoms with Crippen molar-refractivity contribution in [1.82, 2.24) is 9.97 Å². The van der Waals surface area contributed by atoms with Crippen molar-refractivity contribution in [1.29, 1.82) is 0 Å². The Bertz CT molecular complexity index is 860. The number of fused-ring (bicyclic) bond motifs is 1. The first kappa shape index (κ1) is 14.2. The fourth-order valence-electron chi connectivity index (χ4n) is 1.96. The van der Waals surface area contributed by atoms with Crippen LogP contribution in [0.2, 0.25) is 0 Å². The molecule has 1 N–H and O–H groups in total. The van der Waals surface area contributed by atoms with Crippen molar-refractivity contribution in [3.63, 3.8) is 0 Å². The number of carbonyl (C=O) groups is 2. The lowest BCUT2D eigenvalue weighted by Gasteiger charge is -2.08. The summed E-state index contributed by atoms with van der Waals surface area (Å²) in [6.07, 6.45) is 1.49. The van der Waals surface area contributed by atoms with Gasteiger partial charge in [0.15, 0.2) is 0 Å². The zero-order valence-electron chi connectivity index (χ0n) is 11.6. The summed E-state index contributed by atoms with van der Waals surface area (Å²) in [5, 5.41) is 2.63. The molecule has 0 bridgehead atoms. The van der Waals surface area contributed by atoms with Crippen molar-refractivity contribution in [2.45, 2.75) is 0 Å². The molecule has 0 saturated heterocycles. The maximum Gasteiger partial charge on any atom is 0.341 e. The second kappa shape index (κ2) is 5.90. The Kier molecular flexibility index (Phi) is 3.80. The van der Waals surface area contributed by atoms with E-state index < -0.39 is 5.97 Å². The Labute approximate surface area is 129 Å². The van der Waals surface area contributed by atoms with Crippen LogP contribution in [0.15, 0.2) is 42.0 Å². The minimum Gasteiger partial charge on any atom is -0.465 e. The van der Waals surface area contributed by atoms with E-state index in [0.29, 0.717) is 5.56 Å². The van der Waals surface area contributed by atoms with E-state index in [-0.39, 0.29) is 17.3 Å². The van der Waals surface area contributed by atoms with E-state index in [1.165, 1.54) is 24.6 Å². The van der Waals surface area contributed by atoms with E-state index in [1.54, 1.807) is 35.8 Å². The number of amides is 1. The van der Waals surface area contributed by atoms with Gasteiger partial charge in [-0.25, -0.2) is 14.8 Å². The van der Waals surface area contributed by atoms with E-state index in [4.69, 9.17) is 0 Å². The molecule has 0 aliphatic carbocycles. The van der Waals surface area contributed by atoms with Crippen LogP contribution < -0.4 is 5.32 Å². The molecule has 0 unspecified atom stereocenters. The number of ether oxygens (including phenoxy) is 1. The van der Waals surface area contributed by atoms with Crippen molar-refractivity contribution in [3.05, 3.63) is 53.2 Å². The molecule has 2 heterocycles. The zero-order valence-corrected chi connectivity index (χ0v) is 12.4. The average Bonchev–Trinajstić information content (AvgIpc) is 3.02. The van der Waals surface area contributed by atoms with Crippen LogP contribution in [-0.4, -0.2) is 29.0 Å². The predicted molar refractivity (Wildman–Crippen MR) is 83.1 cm³/mol. The van der Waals surface area contributed by atoms with Gasteiger partial charge in [0.1, 0.15) is 11.4 Å². The number of methoxy groups -OCH3 is 1. The fraction of sp³-hybridized carbons (Fsp3) is 0.0667. The first-order chi connectivity index (χ1) is 10.7. The van der Waals surface area contributed by atoms with E-state index >= 15 is 0 Å². The first-order valence-electron chi connectivity index (χ1n) is 6.37. The maximum atomic E-state index is 12.3. The number of nitrogens with one attached hydrogen (secondary N) is 1. The third kappa shape index (κ3) is 2.66. The van der Waals surface area contributed by atoms with Gasteiger partial charge in [0, 0.05) is 11.8 Å². The summed E-state index contributed by atoms with van der Waals surface area (Å²) in [7, 11) is 1.28. The first-order valence-corrected chi connectivity index (χ1v) is 7.25. The molecule has 110 valence electrons. The lowest BCUT2D eigenvalue weighted by molar-refractivity contribution is 0.0601. The molecule has 0 atom stereocenters. The van der Waals surface area contributed by atoms with E-state index in [0.717, 1.165) is 10.2 Å². The van der Waals surface area contributed by atoms with Gasteiger partial charge >= 0.3 is 5.97 Å². The van der Waals surface area contributed by atoms with Crippen LogP contribution in [0.3, 0.4) is 0 Å². The number of benzene rings is 1. The Hall–Kier alpha value is -2.80. The Morgan fingerprint density at radius 3 is 2.91 bits per heavy atom. The molecule has 0 fully saturated rings. The summed E-state index contributed by atoms with van der Waals surface area (Å²) in [5.74, 6) is -0.732. The van der Waals surface area contributed by atoms with Crippen LogP contribution in [0, 0.1) is 0 Å². The molecular weight excluding hydrogens is 302 g/mol. The van der Waals surface area contributed by atoms with Crippen molar-refractivity contribution in [2.75, 3.05) is 12.4 Å². The molecular formula is C15H11N3O3S. The van der Waals surface area contributed by atoms with Crippen molar-refractivity contribution < 1.29 is 14.3 Å². The number of rotatable bonds is 3. The third-order valence-corrected chi connectivity index (χ3v) is 3.83. The number of carbonyl (C=O) groups excluding carboxylic acids is 2. The van der Waals surface area contributed by atoms with Crippen LogP contribution in [-0.2, 0) is 4.74 Å². The highest BCUT2D eigenvalue weighted by Crippen LogP contribution is 2.20. The smallest absolute Gasteiger partial charge is 0.341 e. The number of nitrogens with zero attached hydrogens (tertiary/aromatic N) is 2. The Balaban J connectivity index is 1.89. The molecule has 3 aromatic rings. The predicted octanol–water partition coefficient (Wildman–Crippen LogP) is 2.73. The average molecular weight is 313 g/mol. The summed E-state index contributed by atoms with van der Waals surface area (Å²) < 4.78 is 5.59. The lowest BCUT2D eigenvalue weighted by Crippen LogP contribution is -2.16. The normalized spacial score (nSPS) is 10.4. The van der Waals surface area contributed by atoms with Gasteiger partial charge in [-0.2, -0.15) is 0 Å². The van der Waals surface area contributed by atoms with Crippen LogP contribution >= 0.6 is 11.3 Å². The molecule has 0 aliphatic heterocycles. The molecule has 0 spiro atoms. The highest BCUT2D eigenvalue weighted by molar-refractivity contribution is 7.16. The zero-order chi connectivity index (χ0) is 15.5. The minimum atomic E-state index is -0.554. The van der Waals surface area contributed by atoms with Crippen LogP contribution in [0.4, 0.5) is 5.82 Å².